The average molecular weight is 311 g/mol. The third kappa shape index (κ3) is 3.95. The highest BCUT2D eigenvalue weighted by Crippen LogP contribution is 2.30. The Bertz CT molecular complexity index is 588. The Hall–Kier alpha value is -1.58. The normalized spacial score (nSPS) is 11.3. The van der Waals surface area contributed by atoms with Crippen molar-refractivity contribution >= 4 is 29.9 Å². The van der Waals surface area contributed by atoms with Crippen molar-refractivity contribution in [1.29, 1.82) is 0 Å². The van der Waals surface area contributed by atoms with Gasteiger partial charge in [-0.05, 0) is 47.9 Å². The fourth-order valence-corrected chi connectivity index (χ4v) is 2.25. The summed E-state index contributed by atoms with van der Waals surface area (Å²) >= 11 is 6.06. The van der Waals surface area contributed by atoms with Crippen LogP contribution in [0.25, 0.3) is 11.1 Å². The summed E-state index contributed by atoms with van der Waals surface area (Å²) in [6.07, 6.45) is 3.49. The number of benzene rings is 1. The van der Waals surface area contributed by atoms with Crippen LogP contribution in [-0.4, -0.2) is 10.9 Å². The van der Waals surface area contributed by atoms with Gasteiger partial charge in [-0.1, -0.05) is 17.7 Å². The number of nitrogens with one attached hydrogen (secondary N) is 1. The Balaban J connectivity index is 0.00000200. The molecular formula is C15H16Cl2N2O. The summed E-state index contributed by atoms with van der Waals surface area (Å²) in [5.41, 5.74) is 3.10. The molecule has 1 N–H and O–H groups in total. The Morgan fingerprint density at radius 1 is 1.25 bits per heavy atom. The Morgan fingerprint density at radius 2 is 1.90 bits per heavy atom. The molecule has 5 heteroatoms. The first-order valence-electron chi connectivity index (χ1n) is 6.05. The molecule has 0 saturated heterocycles. The smallest absolute Gasteiger partial charge is 0.217 e. The second kappa shape index (κ2) is 7.27. The highest BCUT2D eigenvalue weighted by atomic mass is 35.5. The minimum absolute atomic E-state index is 0. The van der Waals surface area contributed by atoms with Crippen molar-refractivity contribution < 1.29 is 4.79 Å². The number of pyridine rings is 1. The lowest BCUT2D eigenvalue weighted by Gasteiger charge is -2.18. The van der Waals surface area contributed by atoms with Gasteiger partial charge in [0.2, 0.25) is 5.91 Å². The van der Waals surface area contributed by atoms with Gasteiger partial charge in [0.05, 0.1) is 6.04 Å². The molecule has 1 aromatic carbocycles. The third-order valence-corrected chi connectivity index (χ3v) is 3.13. The summed E-state index contributed by atoms with van der Waals surface area (Å²) in [5.74, 6) is -0.0619. The molecule has 0 aliphatic carbocycles. The molecule has 0 aliphatic heterocycles. The number of aromatic nitrogens is 1. The van der Waals surface area contributed by atoms with Crippen molar-refractivity contribution in [1.82, 2.24) is 10.3 Å². The van der Waals surface area contributed by atoms with Crippen LogP contribution >= 0.6 is 24.0 Å². The average Bonchev–Trinajstić information content (AvgIpc) is 2.39. The van der Waals surface area contributed by atoms with Gasteiger partial charge in [0.1, 0.15) is 0 Å². The van der Waals surface area contributed by atoms with E-state index in [2.05, 4.69) is 10.3 Å². The zero-order chi connectivity index (χ0) is 13.8. The number of carbonyl (C=O) groups is 1. The fourth-order valence-electron chi connectivity index (χ4n) is 2.07. The SMILES string of the molecule is CC(=O)N[C@@H](C)c1cc(Cl)ccc1-c1ccncc1.Cl. The molecule has 2 aromatic rings. The van der Waals surface area contributed by atoms with Crippen LogP contribution < -0.4 is 5.32 Å². The number of amides is 1. The van der Waals surface area contributed by atoms with Crippen molar-refractivity contribution in [3.63, 3.8) is 0 Å². The predicted molar refractivity (Wildman–Crippen MR) is 84.2 cm³/mol. The monoisotopic (exact) mass is 310 g/mol. The molecule has 1 aromatic heterocycles. The topological polar surface area (TPSA) is 42.0 Å². The number of hydrogen-bond acceptors (Lipinski definition) is 2. The lowest BCUT2D eigenvalue weighted by molar-refractivity contribution is -0.119. The standard InChI is InChI=1S/C15H15ClN2O.ClH/c1-10(18-11(2)19)15-9-13(16)3-4-14(15)12-5-7-17-8-6-12;/h3-10H,1-2H3,(H,18,19);1H/t10-;/m0./s1. The zero-order valence-corrected chi connectivity index (χ0v) is 12.8. The van der Waals surface area contributed by atoms with E-state index in [1.54, 1.807) is 12.4 Å². The van der Waals surface area contributed by atoms with E-state index in [0.29, 0.717) is 5.02 Å². The third-order valence-electron chi connectivity index (χ3n) is 2.89. The molecule has 0 unspecified atom stereocenters. The highest BCUT2D eigenvalue weighted by molar-refractivity contribution is 6.30. The molecule has 20 heavy (non-hydrogen) atoms. The second-order valence-electron chi connectivity index (χ2n) is 4.39. The van der Waals surface area contributed by atoms with E-state index in [0.717, 1.165) is 16.7 Å². The largest absolute Gasteiger partial charge is 0.350 e. The zero-order valence-electron chi connectivity index (χ0n) is 11.3. The minimum Gasteiger partial charge on any atom is -0.350 e. The Morgan fingerprint density at radius 3 is 2.50 bits per heavy atom. The maximum Gasteiger partial charge on any atom is 0.217 e. The Kier molecular flexibility index (Phi) is 5.99. The van der Waals surface area contributed by atoms with Gasteiger partial charge < -0.3 is 5.32 Å². The van der Waals surface area contributed by atoms with Crippen molar-refractivity contribution in [3.8, 4) is 11.1 Å². The van der Waals surface area contributed by atoms with Crippen LogP contribution in [0.1, 0.15) is 25.5 Å². The molecule has 1 heterocycles. The molecule has 106 valence electrons. The van der Waals surface area contributed by atoms with Crippen LogP contribution in [0.4, 0.5) is 0 Å². The lowest BCUT2D eigenvalue weighted by atomic mass is 9.96. The van der Waals surface area contributed by atoms with Gasteiger partial charge in [-0.3, -0.25) is 9.78 Å². The molecule has 2 rings (SSSR count). The van der Waals surface area contributed by atoms with Gasteiger partial charge in [-0.15, -0.1) is 12.4 Å². The molecule has 3 nitrogen and oxygen atoms in total. The molecular weight excluding hydrogens is 295 g/mol. The van der Waals surface area contributed by atoms with Crippen molar-refractivity contribution in [2.75, 3.05) is 0 Å². The summed E-state index contributed by atoms with van der Waals surface area (Å²) in [6, 6.07) is 9.48. The van der Waals surface area contributed by atoms with E-state index in [4.69, 9.17) is 11.6 Å². The van der Waals surface area contributed by atoms with Crippen LogP contribution in [0, 0.1) is 0 Å². The van der Waals surface area contributed by atoms with Crippen molar-refractivity contribution in [2.24, 2.45) is 0 Å². The van der Waals surface area contributed by atoms with Crippen molar-refractivity contribution in [3.05, 3.63) is 53.3 Å². The molecule has 0 spiro atoms. The van der Waals surface area contributed by atoms with Gasteiger partial charge in [0.15, 0.2) is 0 Å². The van der Waals surface area contributed by atoms with Gasteiger partial charge >= 0.3 is 0 Å². The van der Waals surface area contributed by atoms with E-state index >= 15 is 0 Å². The second-order valence-corrected chi connectivity index (χ2v) is 4.83. The van der Waals surface area contributed by atoms with Crippen LogP contribution in [0.3, 0.4) is 0 Å². The maximum atomic E-state index is 11.2. The predicted octanol–water partition coefficient (Wildman–Crippen LogP) is 4.02. The first-order valence-corrected chi connectivity index (χ1v) is 6.42. The van der Waals surface area contributed by atoms with Gasteiger partial charge in [0.25, 0.3) is 0 Å². The van der Waals surface area contributed by atoms with Crippen LogP contribution in [0.15, 0.2) is 42.7 Å². The Labute approximate surface area is 129 Å². The molecule has 0 saturated carbocycles. The number of rotatable bonds is 3. The van der Waals surface area contributed by atoms with E-state index in [1.807, 2.05) is 37.3 Å². The fraction of sp³-hybridized carbons (Fsp3) is 0.200. The van der Waals surface area contributed by atoms with Gasteiger partial charge in [-0.25, -0.2) is 0 Å². The summed E-state index contributed by atoms with van der Waals surface area (Å²) in [5, 5.41) is 3.54. The molecule has 0 fully saturated rings. The first-order chi connectivity index (χ1) is 9.08. The molecule has 1 amide bonds. The van der Waals surface area contributed by atoms with E-state index in [1.165, 1.54) is 6.92 Å². The quantitative estimate of drug-likeness (QED) is 0.930. The van der Waals surface area contributed by atoms with E-state index < -0.39 is 0 Å². The summed E-state index contributed by atoms with van der Waals surface area (Å²) in [7, 11) is 0. The minimum atomic E-state index is -0.0978. The van der Waals surface area contributed by atoms with Crippen LogP contribution in [-0.2, 0) is 4.79 Å². The molecule has 0 radical (unpaired) electrons. The number of nitrogens with zero attached hydrogens (tertiary/aromatic N) is 1. The van der Waals surface area contributed by atoms with Crippen molar-refractivity contribution in [2.45, 2.75) is 19.9 Å². The number of halogens is 2. The maximum absolute atomic E-state index is 11.2. The first kappa shape index (κ1) is 16.5. The van der Waals surface area contributed by atoms with Crippen LogP contribution in [0.2, 0.25) is 5.02 Å². The molecule has 0 aliphatic rings. The van der Waals surface area contributed by atoms with E-state index in [-0.39, 0.29) is 24.4 Å². The van der Waals surface area contributed by atoms with E-state index in [9.17, 15) is 4.79 Å². The van der Waals surface area contributed by atoms with Gasteiger partial charge in [-0.2, -0.15) is 0 Å². The number of carbonyl (C=O) groups excluding carboxylic acids is 1. The van der Waals surface area contributed by atoms with Gasteiger partial charge in [0, 0.05) is 24.3 Å². The number of hydrogen-bond donors (Lipinski definition) is 1. The molecule has 1 atom stereocenters. The summed E-state index contributed by atoms with van der Waals surface area (Å²) in [4.78, 5) is 15.2. The lowest BCUT2D eigenvalue weighted by Crippen LogP contribution is -2.24. The molecule has 0 bridgehead atoms. The summed E-state index contributed by atoms with van der Waals surface area (Å²) < 4.78 is 0. The van der Waals surface area contributed by atoms with Crippen LogP contribution in [0.5, 0.6) is 0 Å². The highest BCUT2D eigenvalue weighted by Gasteiger charge is 2.13. The summed E-state index contributed by atoms with van der Waals surface area (Å²) in [6.45, 7) is 3.45.